The van der Waals surface area contributed by atoms with Crippen LogP contribution in [0.15, 0.2) is 47.6 Å². The molecule has 0 bridgehead atoms. The Morgan fingerprint density at radius 2 is 2.11 bits per heavy atom. The molecule has 0 atom stereocenters. The Hall–Kier alpha value is -2.87. The summed E-state index contributed by atoms with van der Waals surface area (Å²) in [5.74, 6) is 0.00901. The van der Waals surface area contributed by atoms with Gasteiger partial charge in [-0.2, -0.15) is 5.10 Å². The summed E-state index contributed by atoms with van der Waals surface area (Å²) in [4.78, 5) is 31.8. The molecule has 1 aliphatic rings. The number of fused-ring (bicyclic) bond motifs is 2. The molecule has 2 amide bonds. The monoisotopic (exact) mass is 381 g/mol. The fourth-order valence-corrected chi connectivity index (χ4v) is 3.99. The van der Waals surface area contributed by atoms with E-state index in [1.54, 1.807) is 12.4 Å². The number of benzene rings is 1. The molecule has 7 nitrogen and oxygen atoms in total. The minimum atomic E-state index is -0.262. The molecular weight excluding hydrogens is 362 g/mol. The van der Waals surface area contributed by atoms with Gasteiger partial charge >= 0.3 is 0 Å². The maximum atomic E-state index is 12.5. The van der Waals surface area contributed by atoms with Crippen molar-refractivity contribution in [2.45, 2.75) is 24.8 Å². The van der Waals surface area contributed by atoms with Gasteiger partial charge in [0.2, 0.25) is 11.8 Å². The molecule has 3 heterocycles. The first-order valence-electron chi connectivity index (χ1n) is 8.68. The molecule has 0 fully saturated rings. The van der Waals surface area contributed by atoms with Crippen LogP contribution in [0.2, 0.25) is 0 Å². The van der Waals surface area contributed by atoms with E-state index >= 15 is 0 Å². The molecule has 0 saturated heterocycles. The van der Waals surface area contributed by atoms with Crippen LogP contribution in [-0.4, -0.2) is 38.9 Å². The Balaban J connectivity index is 1.51. The van der Waals surface area contributed by atoms with Gasteiger partial charge in [-0.05, 0) is 32.0 Å². The molecule has 4 rings (SSSR count). The second-order valence-electron chi connectivity index (χ2n) is 6.60. The third-order valence-corrected chi connectivity index (χ3v) is 5.36. The molecule has 2 aromatic heterocycles. The SMILES string of the molecule is CC(C)n1ncc2cc(NC(=O)CN3C(=O)CSc4ccccc43)cnc21. The quantitative estimate of drug-likeness (QED) is 0.751. The number of hydrogen-bond acceptors (Lipinski definition) is 5. The number of nitrogens with zero attached hydrogens (tertiary/aromatic N) is 4. The van der Waals surface area contributed by atoms with E-state index in [4.69, 9.17) is 0 Å². The van der Waals surface area contributed by atoms with E-state index in [9.17, 15) is 9.59 Å². The zero-order chi connectivity index (χ0) is 19.0. The molecule has 0 unspecified atom stereocenters. The van der Waals surface area contributed by atoms with Gasteiger partial charge in [0.15, 0.2) is 5.65 Å². The molecule has 138 valence electrons. The minimum absolute atomic E-state index is 0.0281. The van der Waals surface area contributed by atoms with Gasteiger partial charge in [0, 0.05) is 16.3 Å². The molecule has 1 N–H and O–H groups in total. The molecule has 27 heavy (non-hydrogen) atoms. The summed E-state index contributed by atoms with van der Waals surface area (Å²) in [5, 5.41) is 8.02. The van der Waals surface area contributed by atoms with Crippen molar-refractivity contribution in [3.63, 3.8) is 0 Å². The van der Waals surface area contributed by atoms with Gasteiger partial charge in [-0.3, -0.25) is 9.59 Å². The van der Waals surface area contributed by atoms with Crippen LogP contribution in [0.4, 0.5) is 11.4 Å². The fourth-order valence-electron chi connectivity index (χ4n) is 3.06. The highest BCUT2D eigenvalue weighted by Gasteiger charge is 2.26. The summed E-state index contributed by atoms with van der Waals surface area (Å²) in [6, 6.07) is 9.67. The minimum Gasteiger partial charge on any atom is -0.323 e. The van der Waals surface area contributed by atoms with E-state index < -0.39 is 0 Å². The third-order valence-electron chi connectivity index (χ3n) is 4.32. The van der Waals surface area contributed by atoms with Crippen LogP contribution >= 0.6 is 11.8 Å². The Labute approximate surface area is 160 Å². The van der Waals surface area contributed by atoms with Crippen molar-refractivity contribution in [2.75, 3.05) is 22.5 Å². The Kier molecular flexibility index (Phi) is 4.57. The first kappa shape index (κ1) is 17.5. The molecule has 3 aromatic rings. The predicted molar refractivity (Wildman–Crippen MR) is 106 cm³/mol. The van der Waals surface area contributed by atoms with Crippen molar-refractivity contribution in [3.8, 4) is 0 Å². The number of pyridine rings is 1. The highest BCUT2D eigenvalue weighted by Crippen LogP contribution is 2.34. The summed E-state index contributed by atoms with van der Waals surface area (Å²) in [7, 11) is 0. The van der Waals surface area contributed by atoms with E-state index in [0.717, 1.165) is 21.6 Å². The number of aromatic nitrogens is 3. The van der Waals surface area contributed by atoms with E-state index in [1.165, 1.54) is 16.7 Å². The van der Waals surface area contributed by atoms with Crippen LogP contribution in [0.1, 0.15) is 19.9 Å². The van der Waals surface area contributed by atoms with Gasteiger partial charge in [0.25, 0.3) is 0 Å². The number of rotatable bonds is 4. The maximum absolute atomic E-state index is 12.5. The molecule has 8 heteroatoms. The Morgan fingerprint density at radius 1 is 1.30 bits per heavy atom. The molecular formula is C19H19N5O2S. The lowest BCUT2D eigenvalue weighted by atomic mass is 10.2. The number of carbonyl (C=O) groups is 2. The smallest absolute Gasteiger partial charge is 0.244 e. The topological polar surface area (TPSA) is 80.1 Å². The number of nitrogens with one attached hydrogen (secondary N) is 1. The van der Waals surface area contributed by atoms with Gasteiger partial charge in [0.05, 0.1) is 29.5 Å². The standard InChI is InChI=1S/C19H19N5O2S/c1-12(2)24-19-13(8-21-24)7-14(9-20-19)22-17(25)10-23-15-5-3-4-6-16(15)27-11-18(23)26/h3-9,12H,10-11H2,1-2H3,(H,22,25). The van der Waals surface area contributed by atoms with Crippen molar-refractivity contribution < 1.29 is 9.59 Å². The number of carbonyl (C=O) groups excluding carboxylic acids is 2. The van der Waals surface area contributed by atoms with E-state index in [0.29, 0.717) is 11.4 Å². The predicted octanol–water partition coefficient (Wildman–Crippen LogP) is 3.09. The summed E-state index contributed by atoms with van der Waals surface area (Å²) < 4.78 is 1.84. The van der Waals surface area contributed by atoms with Crippen LogP contribution in [-0.2, 0) is 9.59 Å². The van der Waals surface area contributed by atoms with Crippen LogP contribution in [0, 0.1) is 0 Å². The number of amides is 2. The number of para-hydroxylation sites is 1. The van der Waals surface area contributed by atoms with Crippen molar-refractivity contribution in [3.05, 3.63) is 42.7 Å². The Morgan fingerprint density at radius 3 is 2.93 bits per heavy atom. The summed E-state index contributed by atoms with van der Waals surface area (Å²) in [5.41, 5.74) is 2.14. The van der Waals surface area contributed by atoms with Crippen molar-refractivity contribution in [1.29, 1.82) is 0 Å². The fraction of sp³-hybridized carbons (Fsp3) is 0.263. The van der Waals surface area contributed by atoms with Gasteiger partial charge in [0.1, 0.15) is 6.54 Å². The number of hydrogen-bond donors (Lipinski definition) is 1. The van der Waals surface area contributed by atoms with Gasteiger partial charge in [-0.15, -0.1) is 11.8 Å². The van der Waals surface area contributed by atoms with Gasteiger partial charge < -0.3 is 10.2 Å². The zero-order valence-corrected chi connectivity index (χ0v) is 15.9. The summed E-state index contributed by atoms with van der Waals surface area (Å²) in [6.45, 7) is 4.05. The van der Waals surface area contributed by atoms with E-state index in [1.807, 2.05) is 48.9 Å². The van der Waals surface area contributed by atoms with Crippen molar-refractivity contribution in [1.82, 2.24) is 14.8 Å². The van der Waals surface area contributed by atoms with Crippen LogP contribution in [0.25, 0.3) is 11.0 Å². The second kappa shape index (κ2) is 7.03. The molecule has 0 aliphatic carbocycles. The first-order chi connectivity index (χ1) is 13.0. The lowest BCUT2D eigenvalue weighted by Gasteiger charge is -2.28. The summed E-state index contributed by atoms with van der Waals surface area (Å²) >= 11 is 1.50. The van der Waals surface area contributed by atoms with Gasteiger partial charge in [-0.1, -0.05) is 12.1 Å². The van der Waals surface area contributed by atoms with Gasteiger partial charge in [-0.25, -0.2) is 9.67 Å². The normalized spacial score (nSPS) is 13.9. The van der Waals surface area contributed by atoms with E-state index in [2.05, 4.69) is 15.4 Å². The molecule has 0 saturated carbocycles. The maximum Gasteiger partial charge on any atom is 0.244 e. The van der Waals surface area contributed by atoms with Crippen LogP contribution in [0.3, 0.4) is 0 Å². The van der Waals surface area contributed by atoms with Crippen molar-refractivity contribution >= 4 is 46.0 Å². The largest absolute Gasteiger partial charge is 0.323 e. The number of thioether (sulfide) groups is 1. The summed E-state index contributed by atoms with van der Waals surface area (Å²) in [6.07, 6.45) is 3.35. The van der Waals surface area contributed by atoms with Crippen LogP contribution in [0.5, 0.6) is 0 Å². The zero-order valence-electron chi connectivity index (χ0n) is 15.0. The Bertz CT molecular complexity index is 1030. The molecule has 0 radical (unpaired) electrons. The van der Waals surface area contributed by atoms with E-state index in [-0.39, 0.29) is 24.4 Å². The molecule has 0 spiro atoms. The molecule has 1 aromatic carbocycles. The van der Waals surface area contributed by atoms with Crippen molar-refractivity contribution in [2.24, 2.45) is 0 Å². The first-order valence-corrected chi connectivity index (χ1v) is 9.67. The third kappa shape index (κ3) is 3.40. The highest BCUT2D eigenvalue weighted by atomic mass is 32.2. The average molecular weight is 381 g/mol. The van der Waals surface area contributed by atoms with Crippen LogP contribution < -0.4 is 10.2 Å². The lowest BCUT2D eigenvalue weighted by Crippen LogP contribution is -2.41. The average Bonchev–Trinajstić information content (AvgIpc) is 3.07. The highest BCUT2D eigenvalue weighted by molar-refractivity contribution is 8.00. The second-order valence-corrected chi connectivity index (χ2v) is 7.62. The number of anilines is 2. The lowest BCUT2D eigenvalue weighted by molar-refractivity contribution is -0.120. The molecule has 1 aliphatic heterocycles.